The van der Waals surface area contributed by atoms with E-state index in [0.29, 0.717) is 23.0 Å². The van der Waals surface area contributed by atoms with Crippen LogP contribution in [0.25, 0.3) is 11.4 Å². The van der Waals surface area contributed by atoms with E-state index in [-0.39, 0.29) is 25.5 Å². The minimum Gasteiger partial charge on any atom is -0.494 e. The highest BCUT2D eigenvalue weighted by atomic mass is 35.5. The zero-order chi connectivity index (χ0) is 24.0. The Hall–Kier alpha value is -2.95. The summed E-state index contributed by atoms with van der Waals surface area (Å²) in [5, 5.41) is 4.38. The molecule has 0 aliphatic carbocycles. The first kappa shape index (κ1) is 24.7. The molecule has 3 rings (SSSR count). The number of halogens is 1. The Balaban J connectivity index is 1.65. The van der Waals surface area contributed by atoms with Gasteiger partial charge in [0.15, 0.2) is 0 Å². The maximum absolute atomic E-state index is 12.7. The number of benzene rings is 2. The molecule has 0 aliphatic heterocycles. The third-order valence-electron chi connectivity index (χ3n) is 4.77. The normalized spacial score (nSPS) is 11.5. The fourth-order valence-corrected chi connectivity index (χ4v) is 3.89. The second-order valence-electron chi connectivity index (χ2n) is 7.34. The lowest BCUT2D eigenvalue weighted by atomic mass is 10.2. The summed E-state index contributed by atoms with van der Waals surface area (Å²) in [6.45, 7) is 2.15. The Kier molecular flexibility index (Phi) is 8.06. The Morgan fingerprint density at radius 2 is 1.82 bits per heavy atom. The molecule has 0 unspecified atom stereocenters. The number of rotatable bonds is 10. The van der Waals surface area contributed by atoms with E-state index < -0.39 is 15.9 Å². The summed E-state index contributed by atoms with van der Waals surface area (Å²) in [5.41, 5.74) is 1.35. The fraction of sp³-hybridized carbons (Fsp3) is 0.318. The third-order valence-corrected chi connectivity index (χ3v) is 6.34. The van der Waals surface area contributed by atoms with Gasteiger partial charge in [-0.15, -0.1) is 0 Å². The van der Waals surface area contributed by atoms with Gasteiger partial charge in [-0.1, -0.05) is 35.0 Å². The van der Waals surface area contributed by atoms with E-state index in [2.05, 4.69) is 10.1 Å². The monoisotopic (exact) mass is 492 g/mol. The molecule has 0 saturated carbocycles. The van der Waals surface area contributed by atoms with Gasteiger partial charge in [-0.25, -0.2) is 8.42 Å². The van der Waals surface area contributed by atoms with E-state index >= 15 is 0 Å². The quantitative estimate of drug-likeness (QED) is 0.427. The van der Waals surface area contributed by atoms with Gasteiger partial charge in [0.05, 0.1) is 26.0 Å². The molecule has 0 spiro atoms. The molecule has 9 nitrogen and oxygen atoms in total. The lowest BCUT2D eigenvalue weighted by molar-refractivity contribution is -0.131. The van der Waals surface area contributed by atoms with Gasteiger partial charge in [-0.05, 0) is 42.8 Å². The number of amides is 1. The molecule has 11 heteroatoms. The van der Waals surface area contributed by atoms with Crippen molar-refractivity contribution in [2.75, 3.05) is 26.5 Å². The van der Waals surface area contributed by atoms with Crippen LogP contribution >= 0.6 is 11.6 Å². The SMILES string of the molecule is CCOc1ccc(-c2noc(CN(C)C(=O)CN(Cc3ccccc3Cl)S(C)(=O)=O)n2)cc1. The molecule has 0 atom stereocenters. The van der Waals surface area contributed by atoms with Gasteiger partial charge in [0, 0.05) is 24.2 Å². The molecule has 0 saturated heterocycles. The van der Waals surface area contributed by atoms with Crippen LogP contribution in [-0.4, -0.2) is 60.1 Å². The zero-order valence-corrected chi connectivity index (χ0v) is 20.1. The van der Waals surface area contributed by atoms with Crippen molar-refractivity contribution in [1.82, 2.24) is 19.3 Å². The number of sulfonamides is 1. The molecule has 0 radical (unpaired) electrons. The van der Waals surface area contributed by atoms with E-state index in [1.165, 1.54) is 4.90 Å². The Morgan fingerprint density at radius 1 is 1.12 bits per heavy atom. The average Bonchev–Trinajstić information content (AvgIpc) is 3.23. The highest BCUT2D eigenvalue weighted by molar-refractivity contribution is 7.88. The maximum Gasteiger partial charge on any atom is 0.246 e. The first-order valence-electron chi connectivity index (χ1n) is 10.2. The van der Waals surface area contributed by atoms with E-state index in [4.69, 9.17) is 20.9 Å². The van der Waals surface area contributed by atoms with Gasteiger partial charge < -0.3 is 14.2 Å². The smallest absolute Gasteiger partial charge is 0.246 e. The van der Waals surface area contributed by atoms with E-state index in [0.717, 1.165) is 21.9 Å². The summed E-state index contributed by atoms with van der Waals surface area (Å²) < 4.78 is 36.3. The summed E-state index contributed by atoms with van der Waals surface area (Å²) in [5.74, 6) is 0.924. The maximum atomic E-state index is 12.7. The molecular formula is C22H25ClN4O5S. The second kappa shape index (κ2) is 10.8. The minimum absolute atomic E-state index is 0.0134. The minimum atomic E-state index is -3.66. The van der Waals surface area contributed by atoms with Gasteiger partial charge in [0.2, 0.25) is 27.6 Å². The van der Waals surface area contributed by atoms with Crippen molar-refractivity contribution in [2.24, 2.45) is 0 Å². The first-order valence-corrected chi connectivity index (χ1v) is 12.4. The number of ether oxygens (including phenoxy) is 1. The fourth-order valence-electron chi connectivity index (χ4n) is 2.97. The molecule has 33 heavy (non-hydrogen) atoms. The topological polar surface area (TPSA) is 106 Å². The Bertz CT molecular complexity index is 1200. The summed E-state index contributed by atoms with van der Waals surface area (Å²) in [6.07, 6.45) is 1.05. The van der Waals surface area contributed by atoms with E-state index in [1.807, 2.05) is 31.2 Å². The molecular weight excluding hydrogens is 468 g/mol. The van der Waals surface area contributed by atoms with Crippen LogP contribution in [0, 0.1) is 0 Å². The number of carbonyl (C=O) groups is 1. The van der Waals surface area contributed by atoms with Crippen molar-refractivity contribution in [1.29, 1.82) is 0 Å². The third kappa shape index (κ3) is 6.77. The summed E-state index contributed by atoms with van der Waals surface area (Å²) in [4.78, 5) is 18.4. The van der Waals surface area contributed by atoms with Crippen molar-refractivity contribution < 1.29 is 22.5 Å². The highest BCUT2D eigenvalue weighted by Gasteiger charge is 2.24. The van der Waals surface area contributed by atoms with Crippen LogP contribution in [0.5, 0.6) is 5.75 Å². The number of carbonyl (C=O) groups excluding carboxylic acids is 1. The summed E-state index contributed by atoms with van der Waals surface area (Å²) in [7, 11) is -2.11. The molecule has 0 bridgehead atoms. The van der Waals surface area contributed by atoms with Crippen LogP contribution in [0.1, 0.15) is 18.4 Å². The summed E-state index contributed by atoms with van der Waals surface area (Å²) >= 11 is 6.15. The Morgan fingerprint density at radius 3 is 2.45 bits per heavy atom. The standard InChI is InChI=1S/C22H25ClN4O5S/c1-4-31-18-11-9-16(10-12-18)22-24-20(32-25-22)14-26(2)21(28)15-27(33(3,29)30)13-17-7-5-6-8-19(17)23/h5-12H,4,13-15H2,1-3H3. The molecule has 1 amide bonds. The number of hydrogen-bond acceptors (Lipinski definition) is 7. The van der Waals surface area contributed by atoms with Gasteiger partial charge in [-0.2, -0.15) is 9.29 Å². The summed E-state index contributed by atoms with van der Waals surface area (Å²) in [6, 6.07) is 14.1. The molecule has 3 aromatic rings. The Labute approximate surface area is 198 Å². The zero-order valence-electron chi connectivity index (χ0n) is 18.6. The number of likely N-dealkylation sites (N-methyl/N-ethyl adjacent to an activating group) is 1. The van der Waals surface area contributed by atoms with Gasteiger partial charge in [-0.3, -0.25) is 4.79 Å². The lowest BCUT2D eigenvalue weighted by Crippen LogP contribution is -2.40. The number of aromatic nitrogens is 2. The predicted octanol–water partition coefficient (Wildman–Crippen LogP) is 3.21. The molecule has 2 aromatic carbocycles. The number of nitrogens with zero attached hydrogens (tertiary/aromatic N) is 4. The molecule has 176 valence electrons. The molecule has 1 heterocycles. The van der Waals surface area contributed by atoms with Gasteiger partial charge >= 0.3 is 0 Å². The van der Waals surface area contributed by atoms with Gasteiger partial charge in [0.25, 0.3) is 0 Å². The molecule has 0 fully saturated rings. The van der Waals surface area contributed by atoms with Crippen molar-refractivity contribution in [2.45, 2.75) is 20.0 Å². The predicted molar refractivity (Wildman–Crippen MR) is 124 cm³/mol. The van der Waals surface area contributed by atoms with Crippen LogP contribution in [0.15, 0.2) is 53.1 Å². The lowest BCUT2D eigenvalue weighted by Gasteiger charge is -2.23. The number of hydrogen-bond donors (Lipinski definition) is 0. The molecule has 0 N–H and O–H groups in total. The van der Waals surface area contributed by atoms with Crippen LogP contribution in [0.2, 0.25) is 5.02 Å². The van der Waals surface area contributed by atoms with Crippen LogP contribution in [0.3, 0.4) is 0 Å². The van der Waals surface area contributed by atoms with E-state index in [9.17, 15) is 13.2 Å². The van der Waals surface area contributed by atoms with Gasteiger partial charge in [0.1, 0.15) is 5.75 Å². The molecule has 0 aliphatic rings. The largest absolute Gasteiger partial charge is 0.494 e. The van der Waals surface area contributed by atoms with Crippen molar-refractivity contribution in [3.63, 3.8) is 0 Å². The van der Waals surface area contributed by atoms with E-state index in [1.54, 1.807) is 31.3 Å². The highest BCUT2D eigenvalue weighted by Crippen LogP contribution is 2.21. The molecule has 1 aromatic heterocycles. The van der Waals surface area contributed by atoms with Crippen molar-refractivity contribution >= 4 is 27.5 Å². The van der Waals surface area contributed by atoms with Crippen LogP contribution in [-0.2, 0) is 27.9 Å². The van der Waals surface area contributed by atoms with Crippen molar-refractivity contribution in [3.05, 3.63) is 65.0 Å². The van der Waals surface area contributed by atoms with Crippen LogP contribution in [0.4, 0.5) is 0 Å². The van der Waals surface area contributed by atoms with Crippen molar-refractivity contribution in [3.8, 4) is 17.1 Å². The first-order chi connectivity index (χ1) is 15.7. The average molecular weight is 493 g/mol. The van der Waals surface area contributed by atoms with Crippen LogP contribution < -0.4 is 4.74 Å². The second-order valence-corrected chi connectivity index (χ2v) is 9.73.